The molecular formula is C15H24ClIOSi. The molecule has 0 amide bonds. The molecule has 0 aliphatic heterocycles. The van der Waals surface area contributed by atoms with Crippen LogP contribution >= 0.6 is 34.2 Å². The Balaban J connectivity index is 3.21. The van der Waals surface area contributed by atoms with Crippen molar-refractivity contribution in [2.75, 3.05) is 0 Å². The highest BCUT2D eigenvalue weighted by molar-refractivity contribution is 14.1. The van der Waals surface area contributed by atoms with Gasteiger partial charge in [-0.1, -0.05) is 53.1 Å². The number of benzene rings is 1. The molecule has 108 valence electrons. The molecule has 0 heterocycles. The molecule has 0 radical (unpaired) electrons. The van der Waals surface area contributed by atoms with E-state index in [1.807, 2.05) is 12.1 Å². The van der Waals surface area contributed by atoms with Crippen LogP contribution in [0, 0.1) is 3.57 Å². The third-order valence-electron chi connectivity index (χ3n) is 3.89. The summed E-state index contributed by atoms with van der Waals surface area (Å²) in [5.74, 6) is 0.852. The normalized spacial score (nSPS) is 12.6. The largest absolute Gasteiger partial charge is 0.542 e. The smallest absolute Gasteiger partial charge is 0.258 e. The lowest BCUT2D eigenvalue weighted by atomic mass is 10.3. The molecule has 0 unspecified atom stereocenters. The monoisotopic (exact) mass is 410 g/mol. The molecular weight excluding hydrogens is 387 g/mol. The SMILES string of the molecule is CC(C)[Si](Oc1ccc(I)cc1Cl)(C(C)C)C(C)C. The van der Waals surface area contributed by atoms with Gasteiger partial charge in [-0.05, 0) is 57.4 Å². The second-order valence-corrected chi connectivity index (χ2v) is 13.0. The predicted octanol–water partition coefficient (Wildman–Crippen LogP) is 6.50. The van der Waals surface area contributed by atoms with E-state index in [0.717, 1.165) is 14.3 Å². The average Bonchev–Trinajstić information content (AvgIpc) is 2.26. The minimum absolute atomic E-state index is 0.558. The molecule has 1 aromatic carbocycles. The number of halogens is 2. The topological polar surface area (TPSA) is 9.23 Å². The van der Waals surface area contributed by atoms with E-state index in [1.165, 1.54) is 0 Å². The minimum Gasteiger partial charge on any atom is -0.542 e. The van der Waals surface area contributed by atoms with Gasteiger partial charge in [-0.2, -0.15) is 0 Å². The number of hydrogen-bond donors (Lipinski definition) is 0. The standard InChI is InChI=1S/C15H24ClIOSi/c1-10(2)19(11(3)4,12(5)6)18-15-8-7-13(17)9-14(15)16/h7-12H,1-6H3. The van der Waals surface area contributed by atoms with Crippen LogP contribution in [0.2, 0.25) is 21.6 Å². The van der Waals surface area contributed by atoms with Gasteiger partial charge in [-0.3, -0.25) is 0 Å². The third-order valence-corrected chi connectivity index (χ3v) is 10.8. The molecule has 4 heteroatoms. The molecule has 0 aromatic heterocycles. The van der Waals surface area contributed by atoms with E-state index in [0.29, 0.717) is 16.6 Å². The van der Waals surface area contributed by atoms with E-state index < -0.39 is 8.32 Å². The van der Waals surface area contributed by atoms with Crippen molar-refractivity contribution in [2.45, 2.75) is 58.2 Å². The average molecular weight is 411 g/mol. The predicted molar refractivity (Wildman–Crippen MR) is 95.8 cm³/mol. The molecule has 0 saturated carbocycles. The van der Waals surface area contributed by atoms with E-state index >= 15 is 0 Å². The van der Waals surface area contributed by atoms with Crippen molar-refractivity contribution in [3.63, 3.8) is 0 Å². The molecule has 0 atom stereocenters. The Bertz CT molecular complexity index is 410. The van der Waals surface area contributed by atoms with Crippen molar-refractivity contribution in [3.8, 4) is 5.75 Å². The molecule has 0 aliphatic rings. The second kappa shape index (κ2) is 6.81. The van der Waals surface area contributed by atoms with Crippen molar-refractivity contribution in [1.82, 2.24) is 0 Å². The summed E-state index contributed by atoms with van der Waals surface area (Å²) in [5.41, 5.74) is 1.67. The summed E-state index contributed by atoms with van der Waals surface area (Å²) in [7, 11) is -1.90. The van der Waals surface area contributed by atoms with Crippen LogP contribution < -0.4 is 4.43 Å². The highest BCUT2D eigenvalue weighted by atomic mass is 127. The van der Waals surface area contributed by atoms with Crippen molar-refractivity contribution in [1.29, 1.82) is 0 Å². The lowest BCUT2D eigenvalue weighted by molar-refractivity contribution is 0.480. The maximum absolute atomic E-state index is 6.58. The maximum Gasteiger partial charge on any atom is 0.258 e. The zero-order valence-electron chi connectivity index (χ0n) is 12.6. The van der Waals surface area contributed by atoms with Gasteiger partial charge in [-0.25, -0.2) is 0 Å². The van der Waals surface area contributed by atoms with E-state index in [1.54, 1.807) is 0 Å². The van der Waals surface area contributed by atoms with Gasteiger partial charge in [0, 0.05) is 3.57 Å². The highest BCUT2D eigenvalue weighted by Gasteiger charge is 2.47. The lowest BCUT2D eigenvalue weighted by Gasteiger charge is -2.42. The van der Waals surface area contributed by atoms with Gasteiger partial charge in [-0.15, -0.1) is 0 Å². The Hall–Kier alpha value is 0.257. The summed E-state index contributed by atoms with van der Waals surface area (Å²) in [6.45, 7) is 13.7. The van der Waals surface area contributed by atoms with Crippen molar-refractivity contribution in [3.05, 3.63) is 26.8 Å². The Morgan fingerprint density at radius 2 is 1.47 bits per heavy atom. The van der Waals surface area contributed by atoms with Crippen molar-refractivity contribution >= 4 is 42.5 Å². The minimum atomic E-state index is -1.90. The van der Waals surface area contributed by atoms with Crippen molar-refractivity contribution < 1.29 is 4.43 Å². The number of hydrogen-bond acceptors (Lipinski definition) is 1. The number of rotatable bonds is 5. The van der Waals surface area contributed by atoms with Gasteiger partial charge in [0.2, 0.25) is 0 Å². The van der Waals surface area contributed by atoms with E-state index in [4.69, 9.17) is 16.0 Å². The van der Waals surface area contributed by atoms with Gasteiger partial charge in [0.25, 0.3) is 8.32 Å². The van der Waals surface area contributed by atoms with Gasteiger partial charge in [0.05, 0.1) is 5.02 Å². The molecule has 0 N–H and O–H groups in total. The fourth-order valence-corrected chi connectivity index (χ4v) is 9.33. The molecule has 19 heavy (non-hydrogen) atoms. The van der Waals surface area contributed by atoms with Gasteiger partial charge < -0.3 is 4.43 Å². The zero-order valence-corrected chi connectivity index (χ0v) is 16.5. The Morgan fingerprint density at radius 3 is 1.84 bits per heavy atom. The summed E-state index contributed by atoms with van der Waals surface area (Å²) in [6, 6.07) is 6.04. The molecule has 0 saturated heterocycles. The fraction of sp³-hybridized carbons (Fsp3) is 0.600. The molecule has 1 nitrogen and oxygen atoms in total. The molecule has 0 bridgehead atoms. The highest BCUT2D eigenvalue weighted by Crippen LogP contribution is 2.44. The van der Waals surface area contributed by atoms with E-state index in [2.05, 4.69) is 70.2 Å². The molecule has 0 spiro atoms. The fourth-order valence-electron chi connectivity index (χ4n) is 3.10. The van der Waals surface area contributed by atoms with Crippen LogP contribution in [-0.2, 0) is 0 Å². The van der Waals surface area contributed by atoms with Crippen LogP contribution in [0.5, 0.6) is 5.75 Å². The van der Waals surface area contributed by atoms with Gasteiger partial charge in [0.1, 0.15) is 5.75 Å². The summed E-state index contributed by atoms with van der Waals surface area (Å²) in [6.07, 6.45) is 0. The van der Waals surface area contributed by atoms with E-state index in [9.17, 15) is 0 Å². The Morgan fingerprint density at radius 1 is 1.00 bits per heavy atom. The van der Waals surface area contributed by atoms with Crippen LogP contribution in [0.3, 0.4) is 0 Å². The first-order chi connectivity index (χ1) is 8.71. The van der Waals surface area contributed by atoms with Crippen LogP contribution in [0.15, 0.2) is 18.2 Å². The molecule has 0 fully saturated rings. The van der Waals surface area contributed by atoms with Crippen LogP contribution in [0.1, 0.15) is 41.5 Å². The van der Waals surface area contributed by atoms with Crippen molar-refractivity contribution in [2.24, 2.45) is 0 Å². The first-order valence-electron chi connectivity index (χ1n) is 6.85. The van der Waals surface area contributed by atoms with Crippen LogP contribution in [0.4, 0.5) is 0 Å². The van der Waals surface area contributed by atoms with Gasteiger partial charge >= 0.3 is 0 Å². The third kappa shape index (κ3) is 3.67. The first-order valence-corrected chi connectivity index (χ1v) is 10.5. The Kier molecular flexibility index (Phi) is 6.20. The summed E-state index contributed by atoms with van der Waals surface area (Å²) < 4.78 is 7.72. The molecule has 1 rings (SSSR count). The zero-order chi connectivity index (χ0) is 14.8. The van der Waals surface area contributed by atoms with Crippen LogP contribution in [0.25, 0.3) is 0 Å². The second-order valence-electron chi connectivity index (χ2n) is 5.99. The lowest BCUT2D eigenvalue weighted by Crippen LogP contribution is -2.50. The summed E-state index contributed by atoms with van der Waals surface area (Å²) >= 11 is 8.61. The summed E-state index contributed by atoms with van der Waals surface area (Å²) in [5, 5.41) is 0.728. The molecule has 1 aromatic rings. The van der Waals surface area contributed by atoms with Gasteiger partial charge in [0.15, 0.2) is 0 Å². The van der Waals surface area contributed by atoms with Crippen LogP contribution in [-0.4, -0.2) is 8.32 Å². The Labute approximate surface area is 137 Å². The molecule has 0 aliphatic carbocycles. The maximum atomic E-state index is 6.58. The van der Waals surface area contributed by atoms with E-state index in [-0.39, 0.29) is 0 Å². The first kappa shape index (κ1) is 17.3. The quantitative estimate of drug-likeness (QED) is 0.397. The summed E-state index contributed by atoms with van der Waals surface area (Å²) in [4.78, 5) is 0.